The summed E-state index contributed by atoms with van der Waals surface area (Å²) in [7, 11) is 0. The molecule has 3 nitrogen and oxygen atoms in total. The average Bonchev–Trinajstić information content (AvgIpc) is 3.00. The van der Waals surface area contributed by atoms with Crippen molar-refractivity contribution < 1.29 is 14.3 Å². The Balaban J connectivity index is 2.23. The lowest BCUT2D eigenvalue weighted by Crippen LogP contribution is -2.26. The molecule has 1 aliphatic rings. The van der Waals surface area contributed by atoms with Gasteiger partial charge in [-0.1, -0.05) is 39.2 Å². The molecule has 104 valence electrons. The fourth-order valence-electron chi connectivity index (χ4n) is 1.90. The molecule has 1 fully saturated rings. The van der Waals surface area contributed by atoms with Gasteiger partial charge in [0, 0.05) is 0 Å². The van der Waals surface area contributed by atoms with E-state index in [1.54, 1.807) is 0 Å². The molecule has 0 amide bonds. The summed E-state index contributed by atoms with van der Waals surface area (Å²) in [6.45, 7) is 11.6. The second-order valence-electron chi connectivity index (χ2n) is 5.97. The summed E-state index contributed by atoms with van der Waals surface area (Å²) >= 11 is 0. The van der Waals surface area contributed by atoms with E-state index >= 15 is 0 Å². The van der Waals surface area contributed by atoms with E-state index in [9.17, 15) is 4.79 Å². The van der Waals surface area contributed by atoms with E-state index in [-0.39, 0.29) is 18.2 Å². The second kappa shape index (κ2) is 6.37. The molecule has 0 unspecified atom stereocenters. The maximum atomic E-state index is 11.8. The maximum absolute atomic E-state index is 11.8. The predicted octanol–water partition coefficient (Wildman–Crippen LogP) is 3.62. The van der Waals surface area contributed by atoms with Crippen molar-refractivity contribution in [1.29, 1.82) is 0 Å². The van der Waals surface area contributed by atoms with Gasteiger partial charge in [-0.25, -0.2) is 4.79 Å². The molecule has 0 N–H and O–H groups in total. The van der Waals surface area contributed by atoms with Crippen molar-refractivity contribution in [3.8, 4) is 0 Å². The van der Waals surface area contributed by atoms with Gasteiger partial charge in [-0.3, -0.25) is 0 Å². The summed E-state index contributed by atoms with van der Waals surface area (Å²) in [5.41, 5.74) is -0.00338. The first-order valence-electron chi connectivity index (χ1n) is 6.92. The number of epoxide rings is 1. The van der Waals surface area contributed by atoms with Crippen LogP contribution in [0.1, 0.15) is 59.8 Å². The van der Waals surface area contributed by atoms with Crippen LogP contribution < -0.4 is 0 Å². The van der Waals surface area contributed by atoms with Gasteiger partial charge >= 0.3 is 5.97 Å². The average molecular weight is 254 g/mol. The zero-order valence-electron chi connectivity index (χ0n) is 12.1. The Labute approximate surface area is 111 Å². The molecule has 0 radical (unpaired) electrons. The molecule has 2 atom stereocenters. The van der Waals surface area contributed by atoms with Gasteiger partial charge in [0.05, 0.1) is 11.7 Å². The summed E-state index contributed by atoms with van der Waals surface area (Å²) in [6, 6.07) is 0. The van der Waals surface area contributed by atoms with Crippen LogP contribution in [-0.4, -0.2) is 23.8 Å². The summed E-state index contributed by atoms with van der Waals surface area (Å²) in [4.78, 5) is 11.8. The van der Waals surface area contributed by atoms with Gasteiger partial charge < -0.3 is 9.47 Å². The fraction of sp³-hybridized carbons (Fsp3) is 0.800. The Morgan fingerprint density at radius 1 is 1.28 bits per heavy atom. The first kappa shape index (κ1) is 15.2. The molecule has 0 spiro atoms. The quantitative estimate of drug-likeness (QED) is 0.301. The number of rotatable bonds is 7. The number of carbonyl (C=O) groups is 1. The molecule has 0 aromatic carbocycles. The molecule has 18 heavy (non-hydrogen) atoms. The lowest BCUT2D eigenvalue weighted by atomic mass is 10.1. The monoisotopic (exact) mass is 254 g/mol. The Bertz CT molecular complexity index is 301. The lowest BCUT2D eigenvalue weighted by molar-refractivity contribution is -0.150. The third kappa shape index (κ3) is 5.21. The topological polar surface area (TPSA) is 38.8 Å². The van der Waals surface area contributed by atoms with Gasteiger partial charge in [0.2, 0.25) is 0 Å². The Kier molecular flexibility index (Phi) is 5.39. The van der Waals surface area contributed by atoms with E-state index in [1.165, 1.54) is 19.3 Å². The van der Waals surface area contributed by atoms with Gasteiger partial charge in [0.25, 0.3) is 0 Å². The number of ether oxygens (including phenoxy) is 2. The number of hydrogen-bond acceptors (Lipinski definition) is 3. The highest BCUT2D eigenvalue weighted by molar-refractivity contribution is 5.89. The molecule has 1 rings (SSSR count). The SMILES string of the molecule is C=C(C(=O)OC(C)(C)C)[C@@H]1O[C@H]1CCCCCC. The van der Waals surface area contributed by atoms with E-state index in [2.05, 4.69) is 13.5 Å². The summed E-state index contributed by atoms with van der Waals surface area (Å²) in [5, 5.41) is 0. The first-order chi connectivity index (χ1) is 8.35. The molecule has 0 bridgehead atoms. The minimum atomic E-state index is -0.467. The smallest absolute Gasteiger partial charge is 0.336 e. The molecular weight excluding hydrogens is 228 g/mol. The lowest BCUT2D eigenvalue weighted by Gasteiger charge is -2.19. The minimum absolute atomic E-state index is 0.110. The molecule has 3 heteroatoms. The van der Waals surface area contributed by atoms with E-state index < -0.39 is 5.60 Å². The molecule has 1 heterocycles. The number of carbonyl (C=O) groups excluding carboxylic acids is 1. The zero-order chi connectivity index (χ0) is 13.8. The number of esters is 1. The van der Waals surface area contributed by atoms with Gasteiger partial charge in [0.15, 0.2) is 0 Å². The summed E-state index contributed by atoms with van der Waals surface area (Å²) in [6.07, 6.45) is 6.00. The van der Waals surface area contributed by atoms with Crippen molar-refractivity contribution >= 4 is 5.97 Å². The molecule has 0 aromatic rings. The minimum Gasteiger partial charge on any atom is -0.457 e. The number of hydrogen-bond donors (Lipinski definition) is 0. The highest BCUT2D eigenvalue weighted by atomic mass is 16.6. The van der Waals surface area contributed by atoms with Gasteiger partial charge in [-0.2, -0.15) is 0 Å². The Hall–Kier alpha value is -0.830. The Morgan fingerprint density at radius 3 is 2.50 bits per heavy atom. The van der Waals surface area contributed by atoms with Crippen LogP contribution in [0.25, 0.3) is 0 Å². The van der Waals surface area contributed by atoms with E-state index in [1.807, 2.05) is 20.8 Å². The summed E-state index contributed by atoms with van der Waals surface area (Å²) < 4.78 is 10.8. The van der Waals surface area contributed by atoms with E-state index in [0.717, 1.165) is 12.8 Å². The third-order valence-electron chi connectivity index (χ3n) is 2.93. The number of unbranched alkanes of at least 4 members (excludes halogenated alkanes) is 3. The van der Waals surface area contributed by atoms with E-state index in [4.69, 9.17) is 9.47 Å². The highest BCUT2D eigenvalue weighted by Gasteiger charge is 2.43. The highest BCUT2D eigenvalue weighted by Crippen LogP contribution is 2.33. The van der Waals surface area contributed by atoms with Crippen LogP contribution in [0.4, 0.5) is 0 Å². The molecule has 0 aliphatic carbocycles. The van der Waals surface area contributed by atoms with Gasteiger partial charge in [0.1, 0.15) is 11.7 Å². The van der Waals surface area contributed by atoms with Crippen molar-refractivity contribution in [2.75, 3.05) is 0 Å². The maximum Gasteiger partial charge on any atom is 0.336 e. The first-order valence-corrected chi connectivity index (χ1v) is 6.92. The van der Waals surface area contributed by atoms with Crippen molar-refractivity contribution in [2.45, 2.75) is 77.6 Å². The largest absolute Gasteiger partial charge is 0.457 e. The van der Waals surface area contributed by atoms with Gasteiger partial charge in [-0.15, -0.1) is 0 Å². The van der Waals surface area contributed by atoms with Crippen molar-refractivity contribution in [3.05, 3.63) is 12.2 Å². The van der Waals surface area contributed by atoms with E-state index in [0.29, 0.717) is 5.57 Å². The molecule has 0 saturated carbocycles. The van der Waals surface area contributed by atoms with Crippen LogP contribution in [0.2, 0.25) is 0 Å². The van der Waals surface area contributed by atoms with Crippen LogP contribution in [-0.2, 0) is 14.3 Å². The zero-order valence-corrected chi connectivity index (χ0v) is 12.1. The normalized spacial score (nSPS) is 22.7. The van der Waals surface area contributed by atoms with Gasteiger partial charge in [-0.05, 0) is 27.2 Å². The van der Waals surface area contributed by atoms with Crippen molar-refractivity contribution in [3.63, 3.8) is 0 Å². The van der Waals surface area contributed by atoms with Crippen LogP contribution in [0.15, 0.2) is 12.2 Å². The van der Waals surface area contributed by atoms with Crippen molar-refractivity contribution in [1.82, 2.24) is 0 Å². The fourth-order valence-corrected chi connectivity index (χ4v) is 1.90. The predicted molar refractivity (Wildman–Crippen MR) is 72.4 cm³/mol. The second-order valence-corrected chi connectivity index (χ2v) is 5.97. The molecule has 0 aromatic heterocycles. The van der Waals surface area contributed by atoms with Crippen LogP contribution >= 0.6 is 0 Å². The van der Waals surface area contributed by atoms with Crippen LogP contribution in [0.3, 0.4) is 0 Å². The Morgan fingerprint density at radius 2 is 1.94 bits per heavy atom. The van der Waals surface area contributed by atoms with Crippen LogP contribution in [0, 0.1) is 0 Å². The third-order valence-corrected chi connectivity index (χ3v) is 2.93. The standard InChI is InChI=1S/C15H26O3/c1-6-7-8-9-10-12-13(17-12)11(2)14(16)18-15(3,4)5/h12-13H,2,6-10H2,1,3-5H3/t12-,13-/m0/s1. The van der Waals surface area contributed by atoms with Crippen LogP contribution in [0.5, 0.6) is 0 Å². The molecule has 1 aliphatic heterocycles. The summed E-state index contributed by atoms with van der Waals surface area (Å²) in [5.74, 6) is -0.330. The molecular formula is C15H26O3. The molecule has 1 saturated heterocycles. The van der Waals surface area contributed by atoms with Crippen molar-refractivity contribution in [2.24, 2.45) is 0 Å².